The van der Waals surface area contributed by atoms with Gasteiger partial charge in [-0.15, -0.1) is 0 Å². The smallest absolute Gasteiger partial charge is 0.0682 e. The van der Waals surface area contributed by atoms with Gasteiger partial charge >= 0.3 is 0 Å². The molecule has 0 atom stereocenters. The number of rotatable bonds is 1. The molecular formula is C13H20N2. The monoisotopic (exact) mass is 204 g/mol. The summed E-state index contributed by atoms with van der Waals surface area (Å²) in [6.45, 7) is 9.91. The van der Waals surface area contributed by atoms with Crippen LogP contribution < -0.4 is 10.2 Å². The number of nitrogens with zero attached hydrogens (tertiary/aromatic N) is 1. The number of nitrogens with one attached hydrogen (secondary N) is 1. The minimum Gasteiger partial charge on any atom is -0.358 e. The van der Waals surface area contributed by atoms with Gasteiger partial charge < -0.3 is 4.90 Å². The van der Waals surface area contributed by atoms with Gasteiger partial charge in [-0.25, -0.2) is 0 Å². The molecule has 0 spiro atoms. The van der Waals surface area contributed by atoms with Gasteiger partial charge in [-0.1, -0.05) is 17.7 Å². The highest BCUT2D eigenvalue weighted by molar-refractivity contribution is 5.60. The van der Waals surface area contributed by atoms with Gasteiger partial charge in [0.15, 0.2) is 0 Å². The Morgan fingerprint density at radius 1 is 1.13 bits per heavy atom. The summed E-state index contributed by atoms with van der Waals surface area (Å²) < 4.78 is 0. The lowest BCUT2D eigenvalue weighted by molar-refractivity contribution is 0.551. The fraction of sp³-hybridized carbons (Fsp3) is 0.538. The molecule has 2 nitrogen and oxygen atoms in total. The second-order valence-corrected chi connectivity index (χ2v) is 4.52. The fourth-order valence-electron chi connectivity index (χ4n) is 2.55. The van der Waals surface area contributed by atoms with Crippen LogP contribution in [0.2, 0.25) is 0 Å². The molecule has 1 aromatic carbocycles. The van der Waals surface area contributed by atoms with Crippen LogP contribution in [0.4, 0.5) is 5.69 Å². The van der Waals surface area contributed by atoms with Crippen molar-refractivity contribution in [3.63, 3.8) is 0 Å². The minimum atomic E-state index is 0.991. The number of hydrogen-bond acceptors (Lipinski definition) is 2. The summed E-state index contributed by atoms with van der Waals surface area (Å²) in [6.07, 6.45) is 1.24. The maximum absolute atomic E-state index is 3.43. The Morgan fingerprint density at radius 2 is 1.80 bits per heavy atom. The van der Waals surface area contributed by atoms with Gasteiger partial charge in [0.1, 0.15) is 0 Å². The number of anilines is 1. The van der Waals surface area contributed by atoms with Crippen molar-refractivity contribution in [2.24, 2.45) is 0 Å². The molecule has 1 aliphatic heterocycles. The highest BCUT2D eigenvalue weighted by Crippen LogP contribution is 2.26. The Labute approximate surface area is 92.3 Å². The third-order valence-corrected chi connectivity index (χ3v) is 3.04. The molecule has 0 radical (unpaired) electrons. The first kappa shape index (κ1) is 10.5. The first-order chi connectivity index (χ1) is 7.18. The van der Waals surface area contributed by atoms with E-state index in [1.807, 2.05) is 0 Å². The van der Waals surface area contributed by atoms with Crippen LogP contribution >= 0.6 is 0 Å². The zero-order valence-corrected chi connectivity index (χ0v) is 9.93. The first-order valence-electron chi connectivity index (χ1n) is 5.72. The van der Waals surface area contributed by atoms with E-state index in [0.29, 0.717) is 0 Å². The van der Waals surface area contributed by atoms with Crippen LogP contribution in [-0.4, -0.2) is 19.8 Å². The molecule has 0 aromatic heterocycles. The van der Waals surface area contributed by atoms with E-state index >= 15 is 0 Å². The van der Waals surface area contributed by atoms with E-state index in [9.17, 15) is 0 Å². The van der Waals surface area contributed by atoms with E-state index in [1.165, 1.54) is 35.3 Å². The Kier molecular flexibility index (Phi) is 2.96. The van der Waals surface area contributed by atoms with E-state index in [0.717, 1.165) is 13.2 Å². The zero-order chi connectivity index (χ0) is 10.8. The lowest BCUT2D eigenvalue weighted by Gasteiger charge is -2.32. The first-order valence-corrected chi connectivity index (χ1v) is 5.72. The molecule has 0 aliphatic carbocycles. The maximum atomic E-state index is 3.43. The van der Waals surface area contributed by atoms with Crippen molar-refractivity contribution in [1.29, 1.82) is 0 Å². The Bertz CT molecular complexity index is 329. The van der Waals surface area contributed by atoms with Crippen molar-refractivity contribution in [1.82, 2.24) is 5.32 Å². The summed E-state index contributed by atoms with van der Waals surface area (Å²) in [6, 6.07) is 4.55. The highest BCUT2D eigenvalue weighted by Gasteiger charge is 2.14. The molecule has 0 unspecified atom stereocenters. The summed E-state index contributed by atoms with van der Waals surface area (Å²) >= 11 is 0. The minimum absolute atomic E-state index is 0.991. The summed E-state index contributed by atoms with van der Waals surface area (Å²) in [7, 11) is 0. The normalized spacial score (nSPS) is 16.9. The van der Waals surface area contributed by atoms with Crippen molar-refractivity contribution >= 4 is 5.69 Å². The van der Waals surface area contributed by atoms with Crippen LogP contribution in [-0.2, 0) is 0 Å². The van der Waals surface area contributed by atoms with E-state index in [-0.39, 0.29) is 0 Å². The molecule has 82 valence electrons. The third kappa shape index (κ3) is 2.15. The number of hydrogen-bond donors (Lipinski definition) is 1. The van der Waals surface area contributed by atoms with Crippen LogP contribution in [0.1, 0.15) is 23.1 Å². The quantitative estimate of drug-likeness (QED) is 0.755. The van der Waals surface area contributed by atoms with Gasteiger partial charge in [0.2, 0.25) is 0 Å². The van der Waals surface area contributed by atoms with Crippen molar-refractivity contribution in [3.8, 4) is 0 Å². The van der Waals surface area contributed by atoms with Crippen molar-refractivity contribution in [3.05, 3.63) is 28.8 Å². The highest BCUT2D eigenvalue weighted by atomic mass is 15.2. The number of benzene rings is 1. The number of aryl methyl sites for hydroxylation is 3. The molecule has 1 saturated heterocycles. The van der Waals surface area contributed by atoms with Crippen LogP contribution in [0.15, 0.2) is 12.1 Å². The molecular weight excluding hydrogens is 184 g/mol. The van der Waals surface area contributed by atoms with Gasteiger partial charge in [-0.05, 0) is 44.9 Å². The predicted octanol–water partition coefficient (Wildman–Crippen LogP) is 2.37. The van der Waals surface area contributed by atoms with Crippen LogP contribution in [0.25, 0.3) is 0 Å². The molecule has 0 bridgehead atoms. The van der Waals surface area contributed by atoms with Gasteiger partial charge in [0.25, 0.3) is 0 Å². The van der Waals surface area contributed by atoms with E-state index in [4.69, 9.17) is 0 Å². The molecule has 1 fully saturated rings. The summed E-state index contributed by atoms with van der Waals surface area (Å²) in [5, 5.41) is 3.43. The Hall–Kier alpha value is -1.02. The zero-order valence-electron chi connectivity index (χ0n) is 9.93. The van der Waals surface area contributed by atoms with Gasteiger partial charge in [0, 0.05) is 12.2 Å². The van der Waals surface area contributed by atoms with Crippen LogP contribution in [0, 0.1) is 20.8 Å². The lowest BCUT2D eigenvalue weighted by Crippen LogP contribution is -2.42. The molecule has 2 heteroatoms. The largest absolute Gasteiger partial charge is 0.358 e. The van der Waals surface area contributed by atoms with Crippen LogP contribution in [0.3, 0.4) is 0 Å². The third-order valence-electron chi connectivity index (χ3n) is 3.04. The second kappa shape index (κ2) is 4.23. The molecule has 15 heavy (non-hydrogen) atoms. The van der Waals surface area contributed by atoms with E-state index in [1.54, 1.807) is 0 Å². The summed E-state index contributed by atoms with van der Waals surface area (Å²) in [4.78, 5) is 2.45. The van der Waals surface area contributed by atoms with Gasteiger partial charge in [-0.3, -0.25) is 5.32 Å². The van der Waals surface area contributed by atoms with Crippen molar-refractivity contribution < 1.29 is 0 Å². The SMILES string of the molecule is Cc1cc(C)c(N2CCCNC2)c(C)c1. The average molecular weight is 204 g/mol. The topological polar surface area (TPSA) is 15.3 Å². The average Bonchev–Trinajstić information content (AvgIpc) is 2.17. The van der Waals surface area contributed by atoms with Crippen molar-refractivity contribution in [2.45, 2.75) is 27.2 Å². The molecule has 0 amide bonds. The second-order valence-electron chi connectivity index (χ2n) is 4.52. The van der Waals surface area contributed by atoms with Gasteiger partial charge in [0.05, 0.1) is 6.67 Å². The standard InChI is InChI=1S/C13H20N2/c1-10-7-11(2)13(12(3)8-10)15-6-4-5-14-9-15/h7-8,14H,4-6,9H2,1-3H3. The van der Waals surface area contributed by atoms with E-state index < -0.39 is 0 Å². The molecule has 1 aliphatic rings. The summed E-state index contributed by atoms with van der Waals surface area (Å²) in [5.41, 5.74) is 5.58. The predicted molar refractivity (Wildman–Crippen MR) is 65.5 cm³/mol. The summed E-state index contributed by atoms with van der Waals surface area (Å²) in [5.74, 6) is 0. The van der Waals surface area contributed by atoms with E-state index in [2.05, 4.69) is 43.1 Å². The maximum Gasteiger partial charge on any atom is 0.0682 e. The van der Waals surface area contributed by atoms with Crippen molar-refractivity contribution in [2.75, 3.05) is 24.7 Å². The molecule has 1 aromatic rings. The molecule has 1 N–H and O–H groups in total. The van der Waals surface area contributed by atoms with Crippen LogP contribution in [0.5, 0.6) is 0 Å². The fourth-order valence-corrected chi connectivity index (χ4v) is 2.55. The Morgan fingerprint density at radius 3 is 2.33 bits per heavy atom. The molecule has 1 heterocycles. The molecule has 0 saturated carbocycles. The lowest BCUT2D eigenvalue weighted by atomic mass is 10.0. The molecule has 2 rings (SSSR count). The Balaban J connectivity index is 2.33. The van der Waals surface area contributed by atoms with Gasteiger partial charge in [-0.2, -0.15) is 0 Å².